The fourth-order valence-corrected chi connectivity index (χ4v) is 2.90. The number of piperidine rings is 1. The Balaban J connectivity index is 1.78. The molecular formula is C12H25N3O. The van der Waals surface area contributed by atoms with E-state index in [1.54, 1.807) is 0 Å². The summed E-state index contributed by atoms with van der Waals surface area (Å²) in [5.74, 6) is 1.15. The van der Waals surface area contributed by atoms with Gasteiger partial charge < -0.3 is 21.5 Å². The summed E-state index contributed by atoms with van der Waals surface area (Å²) in [6.45, 7) is 3.66. The molecule has 4 nitrogen and oxygen atoms in total. The summed E-state index contributed by atoms with van der Waals surface area (Å²) < 4.78 is 0. The summed E-state index contributed by atoms with van der Waals surface area (Å²) in [4.78, 5) is 2.35. The van der Waals surface area contributed by atoms with E-state index < -0.39 is 0 Å². The normalized spacial score (nSPS) is 33.9. The van der Waals surface area contributed by atoms with E-state index in [0.717, 1.165) is 32.5 Å². The highest BCUT2D eigenvalue weighted by Crippen LogP contribution is 2.36. The maximum absolute atomic E-state index is 9.96. The first-order valence-electron chi connectivity index (χ1n) is 6.55. The van der Waals surface area contributed by atoms with E-state index in [-0.39, 0.29) is 12.1 Å². The Morgan fingerprint density at radius 3 is 2.69 bits per heavy atom. The van der Waals surface area contributed by atoms with Gasteiger partial charge in [-0.2, -0.15) is 0 Å². The number of aliphatic hydroxyl groups is 1. The smallest absolute Gasteiger partial charge is 0.0571 e. The highest BCUT2D eigenvalue weighted by molar-refractivity contribution is 4.87. The molecule has 2 aliphatic rings. The van der Waals surface area contributed by atoms with Crippen molar-refractivity contribution in [3.05, 3.63) is 0 Å². The molecule has 0 spiro atoms. The minimum atomic E-state index is -0.0879. The molecule has 2 fully saturated rings. The van der Waals surface area contributed by atoms with Crippen molar-refractivity contribution in [2.75, 3.05) is 26.2 Å². The van der Waals surface area contributed by atoms with Gasteiger partial charge in [0.25, 0.3) is 0 Å². The van der Waals surface area contributed by atoms with Crippen LogP contribution in [0.4, 0.5) is 0 Å². The first kappa shape index (κ1) is 12.3. The lowest BCUT2D eigenvalue weighted by Gasteiger charge is -2.36. The molecule has 0 amide bonds. The van der Waals surface area contributed by atoms with E-state index in [2.05, 4.69) is 4.90 Å². The Hall–Kier alpha value is -0.160. The summed E-state index contributed by atoms with van der Waals surface area (Å²) in [6.07, 6.45) is 4.33. The standard InChI is InChI=1S/C12H25N3O/c13-3-4-15-7-9(5-11(14)8-15)6-12(16)10-1-2-10/h9-12,16H,1-8,13-14H2. The fraction of sp³-hybridized carbons (Fsp3) is 1.00. The molecule has 5 N–H and O–H groups in total. The molecule has 1 saturated heterocycles. The van der Waals surface area contributed by atoms with Gasteiger partial charge in [0.15, 0.2) is 0 Å². The zero-order chi connectivity index (χ0) is 11.5. The lowest BCUT2D eigenvalue weighted by molar-refractivity contribution is 0.0818. The molecule has 3 atom stereocenters. The predicted molar refractivity (Wildman–Crippen MR) is 64.9 cm³/mol. The van der Waals surface area contributed by atoms with E-state index in [9.17, 15) is 5.11 Å². The summed E-state index contributed by atoms with van der Waals surface area (Å²) in [6, 6.07) is 0.261. The predicted octanol–water partition coefficient (Wildman–Crippen LogP) is -0.245. The first-order chi connectivity index (χ1) is 7.69. The molecule has 1 heterocycles. The van der Waals surface area contributed by atoms with Gasteiger partial charge in [-0.3, -0.25) is 0 Å². The molecule has 1 aliphatic carbocycles. The molecule has 4 heteroatoms. The van der Waals surface area contributed by atoms with Gasteiger partial charge in [-0.1, -0.05) is 0 Å². The van der Waals surface area contributed by atoms with Gasteiger partial charge in [0.2, 0.25) is 0 Å². The van der Waals surface area contributed by atoms with Crippen molar-refractivity contribution in [3.63, 3.8) is 0 Å². The van der Waals surface area contributed by atoms with Crippen LogP contribution < -0.4 is 11.5 Å². The van der Waals surface area contributed by atoms with Gasteiger partial charge in [0.1, 0.15) is 0 Å². The summed E-state index contributed by atoms with van der Waals surface area (Å²) in [7, 11) is 0. The van der Waals surface area contributed by atoms with Crippen LogP contribution in [0.5, 0.6) is 0 Å². The SMILES string of the molecule is NCCN1CC(N)CC(CC(O)C2CC2)C1. The van der Waals surface area contributed by atoms with Gasteiger partial charge in [0.05, 0.1) is 6.10 Å². The van der Waals surface area contributed by atoms with E-state index in [4.69, 9.17) is 11.5 Å². The number of rotatable bonds is 5. The third kappa shape index (κ3) is 3.42. The quantitative estimate of drug-likeness (QED) is 0.606. The molecule has 0 bridgehead atoms. The minimum Gasteiger partial charge on any atom is -0.393 e. The van der Waals surface area contributed by atoms with Gasteiger partial charge in [-0.15, -0.1) is 0 Å². The third-order valence-electron chi connectivity index (χ3n) is 3.83. The van der Waals surface area contributed by atoms with E-state index in [1.165, 1.54) is 12.8 Å². The summed E-state index contributed by atoms with van der Waals surface area (Å²) >= 11 is 0. The lowest BCUT2D eigenvalue weighted by Crippen LogP contribution is -2.49. The van der Waals surface area contributed by atoms with Crippen molar-refractivity contribution in [3.8, 4) is 0 Å². The topological polar surface area (TPSA) is 75.5 Å². The molecule has 0 radical (unpaired) electrons. The molecule has 2 rings (SSSR count). The Kier molecular flexibility index (Phi) is 4.19. The number of hydrogen-bond acceptors (Lipinski definition) is 4. The van der Waals surface area contributed by atoms with Crippen LogP contribution in [-0.4, -0.2) is 48.3 Å². The van der Waals surface area contributed by atoms with Gasteiger partial charge in [-0.05, 0) is 37.5 Å². The zero-order valence-electron chi connectivity index (χ0n) is 10.0. The van der Waals surface area contributed by atoms with Crippen LogP contribution >= 0.6 is 0 Å². The van der Waals surface area contributed by atoms with Crippen molar-refractivity contribution in [2.24, 2.45) is 23.3 Å². The largest absolute Gasteiger partial charge is 0.393 e. The average Bonchev–Trinajstić information content (AvgIpc) is 2.99. The van der Waals surface area contributed by atoms with Gasteiger partial charge in [0, 0.05) is 32.2 Å². The second-order valence-electron chi connectivity index (χ2n) is 5.55. The van der Waals surface area contributed by atoms with Crippen LogP contribution in [0.25, 0.3) is 0 Å². The Morgan fingerprint density at radius 2 is 2.06 bits per heavy atom. The number of nitrogens with zero attached hydrogens (tertiary/aromatic N) is 1. The van der Waals surface area contributed by atoms with Crippen molar-refractivity contribution in [1.82, 2.24) is 4.90 Å². The summed E-state index contributed by atoms with van der Waals surface area (Å²) in [5, 5.41) is 9.96. The molecule has 0 aromatic rings. The number of nitrogens with two attached hydrogens (primary N) is 2. The van der Waals surface area contributed by atoms with E-state index in [1.807, 2.05) is 0 Å². The highest BCUT2D eigenvalue weighted by atomic mass is 16.3. The van der Waals surface area contributed by atoms with Crippen molar-refractivity contribution >= 4 is 0 Å². The maximum Gasteiger partial charge on any atom is 0.0571 e. The van der Waals surface area contributed by atoms with Crippen LogP contribution in [0.3, 0.4) is 0 Å². The van der Waals surface area contributed by atoms with E-state index >= 15 is 0 Å². The highest BCUT2D eigenvalue weighted by Gasteiger charge is 2.33. The molecule has 1 saturated carbocycles. The maximum atomic E-state index is 9.96. The monoisotopic (exact) mass is 227 g/mol. The lowest BCUT2D eigenvalue weighted by atomic mass is 9.89. The number of hydrogen-bond donors (Lipinski definition) is 3. The van der Waals surface area contributed by atoms with Crippen molar-refractivity contribution in [2.45, 2.75) is 37.8 Å². The molecule has 0 aromatic carbocycles. The van der Waals surface area contributed by atoms with Crippen LogP contribution in [0.1, 0.15) is 25.7 Å². The molecular weight excluding hydrogens is 202 g/mol. The van der Waals surface area contributed by atoms with Crippen LogP contribution in [0.15, 0.2) is 0 Å². The second kappa shape index (κ2) is 5.45. The van der Waals surface area contributed by atoms with Crippen LogP contribution in [0, 0.1) is 11.8 Å². The van der Waals surface area contributed by atoms with E-state index in [0.29, 0.717) is 18.4 Å². The second-order valence-corrected chi connectivity index (χ2v) is 5.55. The third-order valence-corrected chi connectivity index (χ3v) is 3.83. The first-order valence-corrected chi connectivity index (χ1v) is 6.55. The average molecular weight is 227 g/mol. The fourth-order valence-electron chi connectivity index (χ4n) is 2.90. The number of likely N-dealkylation sites (tertiary alicyclic amines) is 1. The van der Waals surface area contributed by atoms with Crippen molar-refractivity contribution in [1.29, 1.82) is 0 Å². The molecule has 94 valence electrons. The Bertz CT molecular complexity index is 220. The molecule has 0 aromatic heterocycles. The Morgan fingerprint density at radius 1 is 1.31 bits per heavy atom. The van der Waals surface area contributed by atoms with Crippen molar-refractivity contribution < 1.29 is 5.11 Å². The summed E-state index contributed by atoms with van der Waals surface area (Å²) in [5.41, 5.74) is 11.6. The van der Waals surface area contributed by atoms with Gasteiger partial charge >= 0.3 is 0 Å². The molecule has 3 unspecified atom stereocenters. The Labute approximate surface area is 98.0 Å². The molecule has 1 aliphatic heterocycles. The van der Waals surface area contributed by atoms with Crippen LogP contribution in [-0.2, 0) is 0 Å². The van der Waals surface area contributed by atoms with Gasteiger partial charge in [-0.25, -0.2) is 0 Å². The number of aliphatic hydroxyl groups excluding tert-OH is 1. The minimum absolute atomic E-state index is 0.0879. The van der Waals surface area contributed by atoms with Crippen LogP contribution in [0.2, 0.25) is 0 Å². The zero-order valence-corrected chi connectivity index (χ0v) is 10.0. The molecule has 16 heavy (non-hydrogen) atoms.